The fourth-order valence-electron chi connectivity index (χ4n) is 2.16. The number of amides is 1. The Morgan fingerprint density at radius 1 is 1.45 bits per heavy atom. The second-order valence-electron chi connectivity index (χ2n) is 4.81. The highest BCUT2D eigenvalue weighted by atomic mass is 16.6. The summed E-state index contributed by atoms with van der Waals surface area (Å²) in [5.74, 6) is -0.426. The van der Waals surface area contributed by atoms with Crippen molar-refractivity contribution in [3.05, 3.63) is 39.9 Å². The van der Waals surface area contributed by atoms with Crippen molar-refractivity contribution in [1.29, 1.82) is 0 Å². The predicted molar refractivity (Wildman–Crippen MR) is 70.4 cm³/mol. The third kappa shape index (κ3) is 3.12. The summed E-state index contributed by atoms with van der Waals surface area (Å²) in [5, 5.41) is 23.0. The van der Waals surface area contributed by atoms with Crippen molar-refractivity contribution in [3.63, 3.8) is 0 Å². The van der Waals surface area contributed by atoms with E-state index < -0.39 is 16.4 Å². The van der Waals surface area contributed by atoms with Crippen LogP contribution in [0.5, 0.6) is 0 Å². The van der Waals surface area contributed by atoms with Gasteiger partial charge in [0.15, 0.2) is 0 Å². The van der Waals surface area contributed by atoms with Crippen LogP contribution in [0, 0.1) is 10.1 Å². The number of aliphatic hydroxyl groups excluding tert-OH is 1. The molecule has 1 saturated heterocycles. The van der Waals surface area contributed by atoms with E-state index in [-0.39, 0.29) is 17.9 Å². The molecule has 0 spiro atoms. The first-order valence-electron chi connectivity index (χ1n) is 6.32. The zero-order valence-corrected chi connectivity index (χ0v) is 10.9. The number of carbonyl (C=O) groups is 1. The van der Waals surface area contributed by atoms with Crippen LogP contribution in [0.3, 0.4) is 0 Å². The van der Waals surface area contributed by atoms with E-state index in [0.717, 1.165) is 0 Å². The minimum absolute atomic E-state index is 0.136. The van der Waals surface area contributed by atoms with Crippen LogP contribution in [-0.2, 0) is 4.74 Å². The van der Waals surface area contributed by atoms with Gasteiger partial charge in [-0.25, -0.2) is 0 Å². The molecule has 0 aliphatic carbocycles. The maximum Gasteiger partial charge on any atom is 0.270 e. The lowest BCUT2D eigenvalue weighted by molar-refractivity contribution is -0.384. The van der Waals surface area contributed by atoms with Crippen LogP contribution in [0.2, 0.25) is 0 Å². The first-order chi connectivity index (χ1) is 9.56. The lowest BCUT2D eigenvalue weighted by Crippen LogP contribution is -2.54. The van der Waals surface area contributed by atoms with Gasteiger partial charge in [-0.3, -0.25) is 14.9 Å². The highest BCUT2D eigenvalue weighted by Gasteiger charge is 2.33. The Kier molecular flexibility index (Phi) is 4.31. The molecule has 1 aliphatic rings. The van der Waals surface area contributed by atoms with Crippen molar-refractivity contribution in [2.24, 2.45) is 0 Å². The van der Waals surface area contributed by atoms with Crippen molar-refractivity contribution in [2.75, 3.05) is 19.8 Å². The van der Waals surface area contributed by atoms with Crippen LogP contribution in [0.4, 0.5) is 5.69 Å². The van der Waals surface area contributed by atoms with Crippen LogP contribution in [-0.4, -0.2) is 41.3 Å². The first-order valence-corrected chi connectivity index (χ1v) is 6.32. The van der Waals surface area contributed by atoms with Gasteiger partial charge in [-0.1, -0.05) is 6.07 Å². The van der Waals surface area contributed by atoms with Gasteiger partial charge in [0.2, 0.25) is 0 Å². The number of carbonyl (C=O) groups excluding carboxylic acids is 1. The van der Waals surface area contributed by atoms with E-state index in [0.29, 0.717) is 26.1 Å². The summed E-state index contributed by atoms with van der Waals surface area (Å²) in [4.78, 5) is 22.3. The number of aliphatic hydroxyl groups is 1. The largest absolute Gasteiger partial charge is 0.394 e. The summed E-state index contributed by atoms with van der Waals surface area (Å²) in [7, 11) is 0. The Labute approximate surface area is 115 Å². The molecule has 2 rings (SSSR count). The van der Waals surface area contributed by atoms with E-state index >= 15 is 0 Å². The average Bonchev–Trinajstić information content (AvgIpc) is 2.48. The molecule has 1 amide bonds. The van der Waals surface area contributed by atoms with Gasteiger partial charge in [-0.15, -0.1) is 0 Å². The van der Waals surface area contributed by atoms with Crippen molar-refractivity contribution >= 4 is 11.6 Å². The van der Waals surface area contributed by atoms with E-state index in [1.807, 2.05) is 0 Å². The molecule has 108 valence electrons. The number of nitro benzene ring substituents is 1. The highest BCUT2D eigenvalue weighted by molar-refractivity contribution is 5.95. The summed E-state index contributed by atoms with van der Waals surface area (Å²) >= 11 is 0. The average molecular weight is 280 g/mol. The molecular formula is C13H16N2O5. The minimum atomic E-state index is -0.708. The fraction of sp³-hybridized carbons (Fsp3) is 0.462. The van der Waals surface area contributed by atoms with Crippen LogP contribution >= 0.6 is 0 Å². The molecule has 1 heterocycles. The topological polar surface area (TPSA) is 102 Å². The quantitative estimate of drug-likeness (QED) is 0.629. The zero-order chi connectivity index (χ0) is 14.6. The van der Waals surface area contributed by atoms with Crippen LogP contribution in [0.15, 0.2) is 24.3 Å². The Morgan fingerprint density at radius 3 is 2.75 bits per heavy atom. The normalized spacial score (nSPS) is 17.4. The lowest BCUT2D eigenvalue weighted by Gasteiger charge is -2.36. The fourth-order valence-corrected chi connectivity index (χ4v) is 2.16. The zero-order valence-electron chi connectivity index (χ0n) is 10.9. The summed E-state index contributed by atoms with van der Waals surface area (Å²) < 4.78 is 5.21. The van der Waals surface area contributed by atoms with Crippen molar-refractivity contribution in [2.45, 2.75) is 18.4 Å². The highest BCUT2D eigenvalue weighted by Crippen LogP contribution is 2.21. The maximum absolute atomic E-state index is 12.2. The molecule has 1 aliphatic heterocycles. The molecule has 7 heteroatoms. The van der Waals surface area contributed by atoms with Gasteiger partial charge in [0.1, 0.15) is 0 Å². The molecule has 0 unspecified atom stereocenters. The number of non-ortho nitro benzene ring substituents is 1. The number of nitrogens with zero attached hydrogens (tertiary/aromatic N) is 1. The molecule has 1 aromatic carbocycles. The molecule has 20 heavy (non-hydrogen) atoms. The van der Waals surface area contributed by atoms with E-state index in [9.17, 15) is 20.0 Å². The molecule has 0 atom stereocenters. The molecule has 2 N–H and O–H groups in total. The van der Waals surface area contributed by atoms with E-state index in [1.54, 1.807) is 0 Å². The third-order valence-corrected chi connectivity index (χ3v) is 3.45. The number of benzene rings is 1. The summed E-state index contributed by atoms with van der Waals surface area (Å²) in [6, 6.07) is 5.52. The van der Waals surface area contributed by atoms with Crippen LogP contribution in [0.25, 0.3) is 0 Å². The Hall–Kier alpha value is -1.99. The van der Waals surface area contributed by atoms with Gasteiger partial charge >= 0.3 is 0 Å². The van der Waals surface area contributed by atoms with Gasteiger partial charge in [0, 0.05) is 30.9 Å². The second-order valence-corrected chi connectivity index (χ2v) is 4.81. The number of hydrogen-bond acceptors (Lipinski definition) is 5. The molecule has 0 bridgehead atoms. The van der Waals surface area contributed by atoms with E-state index in [1.165, 1.54) is 24.3 Å². The molecule has 0 aromatic heterocycles. The number of rotatable bonds is 4. The predicted octanol–water partition coefficient (Wildman–Crippen LogP) is 0.866. The van der Waals surface area contributed by atoms with Gasteiger partial charge in [-0.05, 0) is 18.9 Å². The van der Waals surface area contributed by atoms with Crippen LogP contribution < -0.4 is 5.32 Å². The summed E-state index contributed by atoms with van der Waals surface area (Å²) in [6.45, 7) is 0.753. The number of hydrogen-bond donors (Lipinski definition) is 2. The lowest BCUT2D eigenvalue weighted by atomic mass is 9.90. The van der Waals surface area contributed by atoms with Crippen molar-refractivity contribution in [3.8, 4) is 0 Å². The Bertz CT molecular complexity index is 511. The molecule has 1 fully saturated rings. The first kappa shape index (κ1) is 14.4. The molecule has 7 nitrogen and oxygen atoms in total. The third-order valence-electron chi connectivity index (χ3n) is 3.45. The van der Waals surface area contributed by atoms with Gasteiger partial charge in [-0.2, -0.15) is 0 Å². The number of nitrogens with one attached hydrogen (secondary N) is 1. The Morgan fingerprint density at radius 2 is 2.15 bits per heavy atom. The van der Waals surface area contributed by atoms with Crippen molar-refractivity contribution in [1.82, 2.24) is 5.32 Å². The van der Waals surface area contributed by atoms with Crippen molar-refractivity contribution < 1.29 is 19.6 Å². The maximum atomic E-state index is 12.2. The number of ether oxygens (including phenoxy) is 1. The SMILES string of the molecule is O=C(NC1(CO)CCOCC1)c1cccc([N+](=O)[O-])c1. The smallest absolute Gasteiger partial charge is 0.270 e. The second kappa shape index (κ2) is 5.98. The standard InChI is InChI=1S/C13H16N2O5/c16-9-13(4-6-20-7-5-13)14-12(17)10-2-1-3-11(8-10)15(18)19/h1-3,8,16H,4-7,9H2,(H,14,17). The van der Waals surface area contributed by atoms with E-state index in [4.69, 9.17) is 4.74 Å². The van der Waals surface area contributed by atoms with E-state index in [2.05, 4.69) is 5.32 Å². The van der Waals surface area contributed by atoms with Crippen LogP contribution in [0.1, 0.15) is 23.2 Å². The molecule has 1 aromatic rings. The molecule has 0 saturated carbocycles. The summed E-state index contributed by atoms with van der Waals surface area (Å²) in [6.07, 6.45) is 1.04. The Balaban J connectivity index is 2.14. The minimum Gasteiger partial charge on any atom is -0.394 e. The summed E-state index contributed by atoms with van der Waals surface area (Å²) in [5.41, 5.74) is -0.638. The van der Waals surface area contributed by atoms with Gasteiger partial charge in [0.05, 0.1) is 17.1 Å². The van der Waals surface area contributed by atoms with Gasteiger partial charge in [0.25, 0.3) is 11.6 Å². The van der Waals surface area contributed by atoms with Gasteiger partial charge < -0.3 is 15.2 Å². The molecule has 0 radical (unpaired) electrons. The molecular weight excluding hydrogens is 264 g/mol. The monoisotopic (exact) mass is 280 g/mol. The number of nitro groups is 1.